The van der Waals surface area contributed by atoms with E-state index < -0.39 is 0 Å². The Morgan fingerprint density at radius 1 is 1.55 bits per heavy atom. The summed E-state index contributed by atoms with van der Waals surface area (Å²) in [7, 11) is 0. The standard InChI is InChI=1S/C8H8N2O/c1-2-8(11)10-7-3-5-9-6-4-7/h2-6H,1H2,(H,9,10,11). The zero-order valence-electron chi connectivity index (χ0n) is 5.95. The highest BCUT2D eigenvalue weighted by Crippen LogP contribution is 2.02. The molecule has 0 fully saturated rings. The molecule has 0 aliphatic heterocycles. The molecule has 0 bridgehead atoms. The van der Waals surface area contributed by atoms with Crippen molar-refractivity contribution in [1.82, 2.24) is 4.98 Å². The fraction of sp³-hybridized carbons (Fsp3) is 0. The molecule has 1 amide bonds. The van der Waals surface area contributed by atoms with Gasteiger partial charge in [-0.1, -0.05) is 6.58 Å². The van der Waals surface area contributed by atoms with Crippen molar-refractivity contribution in [2.24, 2.45) is 0 Å². The Balaban J connectivity index is 2.65. The van der Waals surface area contributed by atoms with Crippen molar-refractivity contribution in [3.8, 4) is 0 Å². The third-order valence-corrected chi connectivity index (χ3v) is 1.13. The van der Waals surface area contributed by atoms with Crippen LogP contribution in [0, 0.1) is 0 Å². The topological polar surface area (TPSA) is 42.0 Å². The summed E-state index contributed by atoms with van der Waals surface area (Å²) in [5.74, 6) is -0.212. The molecule has 3 heteroatoms. The highest BCUT2D eigenvalue weighted by molar-refractivity contribution is 5.98. The molecule has 1 aromatic heterocycles. The van der Waals surface area contributed by atoms with E-state index in [4.69, 9.17) is 0 Å². The van der Waals surface area contributed by atoms with Gasteiger partial charge in [0.05, 0.1) is 0 Å². The van der Waals surface area contributed by atoms with Gasteiger partial charge in [0, 0.05) is 18.1 Å². The molecule has 1 heterocycles. The van der Waals surface area contributed by atoms with Gasteiger partial charge >= 0.3 is 0 Å². The highest BCUT2D eigenvalue weighted by Gasteiger charge is 1.93. The Morgan fingerprint density at radius 3 is 2.73 bits per heavy atom. The molecule has 0 atom stereocenters. The van der Waals surface area contributed by atoms with Crippen molar-refractivity contribution in [2.45, 2.75) is 0 Å². The van der Waals surface area contributed by atoms with Gasteiger partial charge in [-0.3, -0.25) is 9.78 Å². The molecule has 1 N–H and O–H groups in total. The maximum atomic E-state index is 10.7. The minimum atomic E-state index is -0.212. The van der Waals surface area contributed by atoms with Crippen LogP contribution < -0.4 is 5.32 Å². The summed E-state index contributed by atoms with van der Waals surface area (Å²) in [6.07, 6.45) is 4.44. The third-order valence-electron chi connectivity index (χ3n) is 1.13. The molecular formula is C8H8N2O. The van der Waals surface area contributed by atoms with E-state index >= 15 is 0 Å². The van der Waals surface area contributed by atoms with Gasteiger partial charge in [0.1, 0.15) is 0 Å². The molecule has 11 heavy (non-hydrogen) atoms. The summed E-state index contributed by atoms with van der Waals surface area (Å²) >= 11 is 0. The second-order valence-electron chi connectivity index (χ2n) is 1.93. The van der Waals surface area contributed by atoms with Gasteiger partial charge in [0.2, 0.25) is 5.91 Å². The molecule has 1 rings (SSSR count). The Labute approximate surface area is 64.8 Å². The van der Waals surface area contributed by atoms with Crippen LogP contribution in [0.15, 0.2) is 37.2 Å². The quantitative estimate of drug-likeness (QED) is 0.640. The summed E-state index contributed by atoms with van der Waals surface area (Å²) in [6.45, 7) is 3.33. The van der Waals surface area contributed by atoms with E-state index in [2.05, 4.69) is 16.9 Å². The third kappa shape index (κ3) is 2.21. The van der Waals surface area contributed by atoms with Gasteiger partial charge in [0.25, 0.3) is 0 Å². The van der Waals surface area contributed by atoms with Crippen molar-refractivity contribution in [3.05, 3.63) is 37.2 Å². The highest BCUT2D eigenvalue weighted by atomic mass is 16.1. The number of carbonyl (C=O) groups excluding carboxylic acids is 1. The number of amides is 1. The van der Waals surface area contributed by atoms with E-state index in [1.165, 1.54) is 6.08 Å². The first-order valence-corrected chi connectivity index (χ1v) is 3.16. The zero-order chi connectivity index (χ0) is 8.10. The lowest BCUT2D eigenvalue weighted by Crippen LogP contribution is -2.06. The minimum absolute atomic E-state index is 0.212. The fourth-order valence-corrected chi connectivity index (χ4v) is 0.629. The molecule has 0 aliphatic rings. The van der Waals surface area contributed by atoms with Crippen molar-refractivity contribution >= 4 is 11.6 Å². The largest absolute Gasteiger partial charge is 0.322 e. The summed E-state index contributed by atoms with van der Waals surface area (Å²) in [5.41, 5.74) is 0.727. The average molecular weight is 148 g/mol. The first-order chi connectivity index (χ1) is 5.33. The number of aromatic nitrogens is 1. The van der Waals surface area contributed by atoms with E-state index in [0.29, 0.717) is 0 Å². The van der Waals surface area contributed by atoms with E-state index in [9.17, 15) is 4.79 Å². The number of carbonyl (C=O) groups is 1. The number of rotatable bonds is 2. The van der Waals surface area contributed by atoms with Crippen LogP contribution in [0.1, 0.15) is 0 Å². The average Bonchev–Trinajstić information content (AvgIpc) is 2.06. The SMILES string of the molecule is C=CC(=O)Nc1ccncc1. The van der Waals surface area contributed by atoms with Gasteiger partial charge in [-0.2, -0.15) is 0 Å². The molecule has 0 spiro atoms. The van der Waals surface area contributed by atoms with Crippen LogP contribution >= 0.6 is 0 Å². The Hall–Kier alpha value is -1.64. The molecule has 0 saturated heterocycles. The molecular weight excluding hydrogens is 140 g/mol. The number of nitrogens with one attached hydrogen (secondary N) is 1. The lowest BCUT2D eigenvalue weighted by atomic mass is 10.4. The van der Waals surface area contributed by atoms with Crippen LogP contribution in [-0.2, 0) is 4.79 Å². The van der Waals surface area contributed by atoms with Gasteiger partial charge in [-0.05, 0) is 18.2 Å². The molecule has 0 unspecified atom stereocenters. The monoisotopic (exact) mass is 148 g/mol. The number of hydrogen-bond acceptors (Lipinski definition) is 2. The fourth-order valence-electron chi connectivity index (χ4n) is 0.629. The molecule has 0 aromatic carbocycles. The summed E-state index contributed by atoms with van der Waals surface area (Å²) in [4.78, 5) is 14.5. The Bertz CT molecular complexity index is 256. The molecule has 0 saturated carbocycles. The lowest BCUT2D eigenvalue weighted by Gasteiger charge is -1.98. The smallest absolute Gasteiger partial charge is 0.247 e. The van der Waals surface area contributed by atoms with Crippen molar-refractivity contribution in [2.75, 3.05) is 5.32 Å². The number of nitrogens with zero attached hydrogens (tertiary/aromatic N) is 1. The second-order valence-corrected chi connectivity index (χ2v) is 1.93. The molecule has 56 valence electrons. The maximum absolute atomic E-state index is 10.7. The van der Waals surface area contributed by atoms with Gasteiger partial charge in [0.15, 0.2) is 0 Å². The number of pyridine rings is 1. The van der Waals surface area contributed by atoms with Gasteiger partial charge < -0.3 is 5.32 Å². The molecule has 0 aliphatic carbocycles. The first-order valence-electron chi connectivity index (χ1n) is 3.16. The minimum Gasteiger partial charge on any atom is -0.322 e. The van der Waals surface area contributed by atoms with Crippen LogP contribution in [-0.4, -0.2) is 10.9 Å². The maximum Gasteiger partial charge on any atom is 0.247 e. The van der Waals surface area contributed by atoms with E-state index in [0.717, 1.165) is 5.69 Å². The Kier molecular flexibility index (Phi) is 2.38. The first kappa shape index (κ1) is 7.47. The Morgan fingerprint density at radius 2 is 2.18 bits per heavy atom. The summed E-state index contributed by atoms with van der Waals surface area (Å²) in [6, 6.07) is 3.42. The van der Waals surface area contributed by atoms with Crippen LogP contribution in [0.5, 0.6) is 0 Å². The van der Waals surface area contributed by atoms with Crippen molar-refractivity contribution in [1.29, 1.82) is 0 Å². The summed E-state index contributed by atoms with van der Waals surface area (Å²) in [5, 5.41) is 2.59. The van der Waals surface area contributed by atoms with Gasteiger partial charge in [-0.25, -0.2) is 0 Å². The molecule has 3 nitrogen and oxygen atoms in total. The molecule has 1 aromatic rings. The number of anilines is 1. The second kappa shape index (κ2) is 3.51. The van der Waals surface area contributed by atoms with Crippen LogP contribution in [0.2, 0.25) is 0 Å². The van der Waals surface area contributed by atoms with Crippen LogP contribution in [0.4, 0.5) is 5.69 Å². The normalized spacial score (nSPS) is 8.73. The number of hydrogen-bond donors (Lipinski definition) is 1. The summed E-state index contributed by atoms with van der Waals surface area (Å²) < 4.78 is 0. The predicted octanol–water partition coefficient (Wildman–Crippen LogP) is 1.21. The van der Waals surface area contributed by atoms with E-state index in [1.807, 2.05) is 0 Å². The van der Waals surface area contributed by atoms with E-state index in [1.54, 1.807) is 24.5 Å². The van der Waals surface area contributed by atoms with Gasteiger partial charge in [-0.15, -0.1) is 0 Å². The lowest BCUT2D eigenvalue weighted by molar-refractivity contribution is -0.111. The van der Waals surface area contributed by atoms with Crippen molar-refractivity contribution in [3.63, 3.8) is 0 Å². The molecule has 0 radical (unpaired) electrons. The van der Waals surface area contributed by atoms with E-state index in [-0.39, 0.29) is 5.91 Å². The predicted molar refractivity (Wildman–Crippen MR) is 43.1 cm³/mol. The van der Waals surface area contributed by atoms with Crippen LogP contribution in [0.3, 0.4) is 0 Å². The van der Waals surface area contributed by atoms with Crippen LogP contribution in [0.25, 0.3) is 0 Å². The zero-order valence-corrected chi connectivity index (χ0v) is 5.95. The van der Waals surface area contributed by atoms with Crippen molar-refractivity contribution < 1.29 is 4.79 Å².